The van der Waals surface area contributed by atoms with Crippen LogP contribution >= 0.6 is 27.5 Å². The van der Waals surface area contributed by atoms with Crippen LogP contribution in [0.2, 0.25) is 5.02 Å². The van der Waals surface area contributed by atoms with E-state index in [0.717, 1.165) is 11.3 Å². The number of halogens is 2. The predicted molar refractivity (Wildman–Crippen MR) is 66.1 cm³/mol. The molecule has 0 aliphatic heterocycles. The van der Waals surface area contributed by atoms with Crippen molar-refractivity contribution in [3.63, 3.8) is 0 Å². The summed E-state index contributed by atoms with van der Waals surface area (Å²) < 4.78 is 10.6. The molecular formula is C11H9BrClNO2. The second kappa shape index (κ2) is 4.89. The fourth-order valence-electron chi connectivity index (χ4n) is 1.44. The van der Waals surface area contributed by atoms with E-state index in [-0.39, 0.29) is 0 Å². The van der Waals surface area contributed by atoms with Gasteiger partial charge < -0.3 is 9.15 Å². The summed E-state index contributed by atoms with van der Waals surface area (Å²) in [5.41, 5.74) is 1.63. The monoisotopic (exact) mass is 301 g/mol. The third-order valence-corrected chi connectivity index (χ3v) is 2.94. The molecule has 0 saturated heterocycles. The molecule has 1 aromatic carbocycles. The highest BCUT2D eigenvalue weighted by Gasteiger charge is 2.14. The lowest BCUT2D eigenvalue weighted by Gasteiger charge is -2.07. The summed E-state index contributed by atoms with van der Waals surface area (Å²) in [5.74, 6) is 1.39. The number of nitrogens with zero attached hydrogens (tertiary/aromatic N) is 1. The van der Waals surface area contributed by atoms with Crippen LogP contribution in [0.15, 0.2) is 29.0 Å². The van der Waals surface area contributed by atoms with Crippen molar-refractivity contribution in [2.75, 3.05) is 7.11 Å². The van der Waals surface area contributed by atoms with E-state index in [2.05, 4.69) is 20.9 Å². The van der Waals surface area contributed by atoms with Gasteiger partial charge in [0.05, 0.1) is 18.4 Å². The van der Waals surface area contributed by atoms with Gasteiger partial charge in [-0.15, -0.1) is 0 Å². The summed E-state index contributed by atoms with van der Waals surface area (Å²) in [4.78, 5) is 4.10. The lowest BCUT2D eigenvalue weighted by atomic mass is 10.1. The van der Waals surface area contributed by atoms with Crippen molar-refractivity contribution in [2.45, 2.75) is 5.33 Å². The molecule has 0 unspecified atom stereocenters. The number of hydrogen-bond acceptors (Lipinski definition) is 3. The third kappa shape index (κ3) is 2.08. The number of methoxy groups -OCH3 is 1. The molecule has 16 heavy (non-hydrogen) atoms. The molecule has 2 aromatic rings. The van der Waals surface area contributed by atoms with Gasteiger partial charge in [0, 0.05) is 10.4 Å². The molecule has 5 heteroatoms. The van der Waals surface area contributed by atoms with Crippen LogP contribution in [0.4, 0.5) is 0 Å². The quantitative estimate of drug-likeness (QED) is 0.807. The maximum Gasteiger partial charge on any atom is 0.181 e. The predicted octanol–water partition coefficient (Wildman–Crippen LogP) is 3.90. The molecule has 0 atom stereocenters. The summed E-state index contributed by atoms with van der Waals surface area (Å²) in [6.07, 6.45) is 1.41. The second-order valence-corrected chi connectivity index (χ2v) is 4.10. The number of benzene rings is 1. The van der Waals surface area contributed by atoms with E-state index in [4.69, 9.17) is 20.8 Å². The zero-order valence-corrected chi connectivity index (χ0v) is 10.9. The van der Waals surface area contributed by atoms with Crippen molar-refractivity contribution in [2.24, 2.45) is 0 Å². The Morgan fingerprint density at radius 3 is 3.00 bits per heavy atom. The van der Waals surface area contributed by atoms with Gasteiger partial charge in [-0.1, -0.05) is 27.5 Å². The highest BCUT2D eigenvalue weighted by molar-refractivity contribution is 9.08. The Kier molecular flexibility index (Phi) is 3.51. The van der Waals surface area contributed by atoms with Gasteiger partial charge in [0.25, 0.3) is 0 Å². The first-order valence-electron chi connectivity index (χ1n) is 4.58. The molecule has 0 spiro atoms. The van der Waals surface area contributed by atoms with Crippen molar-refractivity contribution < 1.29 is 9.15 Å². The number of alkyl halides is 1. The number of rotatable bonds is 3. The number of oxazole rings is 1. The van der Waals surface area contributed by atoms with E-state index in [1.807, 2.05) is 0 Å². The Morgan fingerprint density at radius 2 is 2.31 bits per heavy atom. The van der Waals surface area contributed by atoms with E-state index in [1.54, 1.807) is 25.3 Å². The standard InChI is InChI=1S/C11H9BrClNO2/c1-15-10-3-2-7(13)4-8(10)11-9(5-12)14-6-16-11/h2-4,6H,5H2,1H3. The molecule has 1 heterocycles. The summed E-state index contributed by atoms with van der Waals surface area (Å²) in [6, 6.07) is 5.37. The van der Waals surface area contributed by atoms with Crippen LogP contribution in [-0.2, 0) is 5.33 Å². The Hall–Kier alpha value is -1.00. The first-order chi connectivity index (χ1) is 7.76. The molecule has 2 rings (SSSR count). The van der Waals surface area contributed by atoms with Gasteiger partial charge in [-0.05, 0) is 18.2 Å². The minimum absolute atomic E-state index is 0.620. The molecule has 0 amide bonds. The minimum Gasteiger partial charge on any atom is -0.496 e. The van der Waals surface area contributed by atoms with Crippen molar-refractivity contribution in [3.8, 4) is 17.1 Å². The first kappa shape index (κ1) is 11.5. The van der Waals surface area contributed by atoms with Gasteiger partial charge in [0.15, 0.2) is 12.2 Å². The molecule has 0 aliphatic carbocycles. The molecule has 84 valence electrons. The zero-order valence-electron chi connectivity index (χ0n) is 8.54. The molecule has 0 fully saturated rings. The minimum atomic E-state index is 0.620. The topological polar surface area (TPSA) is 35.3 Å². The van der Waals surface area contributed by atoms with E-state index in [9.17, 15) is 0 Å². The fraction of sp³-hybridized carbons (Fsp3) is 0.182. The van der Waals surface area contributed by atoms with Crippen LogP contribution in [0.1, 0.15) is 5.69 Å². The van der Waals surface area contributed by atoms with Crippen LogP contribution in [0, 0.1) is 0 Å². The average Bonchev–Trinajstić information content (AvgIpc) is 2.76. The smallest absolute Gasteiger partial charge is 0.181 e. The van der Waals surface area contributed by atoms with Gasteiger partial charge in [-0.25, -0.2) is 4.98 Å². The Balaban J connectivity index is 2.58. The molecule has 0 N–H and O–H groups in total. The maximum atomic E-state index is 5.96. The van der Waals surface area contributed by atoms with Crippen LogP contribution < -0.4 is 4.74 Å². The normalized spacial score (nSPS) is 10.4. The second-order valence-electron chi connectivity index (χ2n) is 3.11. The van der Waals surface area contributed by atoms with Gasteiger partial charge in [-0.3, -0.25) is 0 Å². The Morgan fingerprint density at radius 1 is 1.50 bits per heavy atom. The fourth-order valence-corrected chi connectivity index (χ4v) is 2.01. The van der Waals surface area contributed by atoms with Crippen LogP contribution in [0.5, 0.6) is 5.75 Å². The SMILES string of the molecule is COc1ccc(Cl)cc1-c1ocnc1CBr. The maximum absolute atomic E-state index is 5.96. The largest absolute Gasteiger partial charge is 0.496 e. The van der Waals surface area contributed by atoms with E-state index >= 15 is 0 Å². The molecule has 0 saturated carbocycles. The van der Waals surface area contributed by atoms with E-state index in [1.165, 1.54) is 6.39 Å². The molecular weight excluding hydrogens is 293 g/mol. The van der Waals surface area contributed by atoms with E-state index in [0.29, 0.717) is 21.9 Å². The lowest BCUT2D eigenvalue weighted by Crippen LogP contribution is -1.89. The van der Waals surface area contributed by atoms with Gasteiger partial charge in [0.1, 0.15) is 5.75 Å². The van der Waals surface area contributed by atoms with Gasteiger partial charge >= 0.3 is 0 Å². The highest BCUT2D eigenvalue weighted by Crippen LogP contribution is 2.34. The third-order valence-electron chi connectivity index (χ3n) is 2.17. The number of ether oxygens (including phenoxy) is 1. The zero-order chi connectivity index (χ0) is 11.5. The summed E-state index contributed by atoms with van der Waals surface area (Å²) in [6.45, 7) is 0. The lowest BCUT2D eigenvalue weighted by molar-refractivity contribution is 0.414. The van der Waals surface area contributed by atoms with Crippen molar-refractivity contribution >= 4 is 27.5 Å². The van der Waals surface area contributed by atoms with Gasteiger partial charge in [0.2, 0.25) is 0 Å². The summed E-state index contributed by atoms with van der Waals surface area (Å²) in [5, 5.41) is 1.25. The van der Waals surface area contributed by atoms with Crippen LogP contribution in [0.3, 0.4) is 0 Å². The molecule has 0 aliphatic rings. The Labute approximate surface area is 107 Å². The van der Waals surface area contributed by atoms with Gasteiger partial charge in [-0.2, -0.15) is 0 Å². The van der Waals surface area contributed by atoms with Crippen LogP contribution in [-0.4, -0.2) is 12.1 Å². The number of aromatic nitrogens is 1. The molecule has 3 nitrogen and oxygen atoms in total. The van der Waals surface area contributed by atoms with Crippen molar-refractivity contribution in [3.05, 3.63) is 35.3 Å². The summed E-state index contributed by atoms with van der Waals surface area (Å²) in [7, 11) is 1.61. The highest BCUT2D eigenvalue weighted by atomic mass is 79.9. The molecule has 0 bridgehead atoms. The molecule has 0 radical (unpaired) electrons. The Bertz CT molecular complexity index is 498. The van der Waals surface area contributed by atoms with Crippen LogP contribution in [0.25, 0.3) is 11.3 Å². The first-order valence-corrected chi connectivity index (χ1v) is 6.08. The molecule has 1 aromatic heterocycles. The van der Waals surface area contributed by atoms with Crippen molar-refractivity contribution in [1.82, 2.24) is 4.98 Å². The number of hydrogen-bond donors (Lipinski definition) is 0. The average molecular weight is 303 g/mol. The summed E-state index contributed by atoms with van der Waals surface area (Å²) >= 11 is 9.31. The van der Waals surface area contributed by atoms with Crippen molar-refractivity contribution in [1.29, 1.82) is 0 Å². The van der Waals surface area contributed by atoms with E-state index < -0.39 is 0 Å².